The largest absolute Gasteiger partial charge is 0.421 e. The number of halogens is 4. The molecule has 1 aromatic carbocycles. The molecule has 3 aromatic rings. The van der Waals surface area contributed by atoms with Gasteiger partial charge in [-0.1, -0.05) is 0 Å². The number of anilines is 3. The number of amides is 1. The number of alkyl halides is 3. The molecule has 0 bridgehead atoms. The van der Waals surface area contributed by atoms with Crippen molar-refractivity contribution in [2.24, 2.45) is 0 Å². The number of aromatic nitrogens is 3. The first-order valence-electron chi connectivity index (χ1n) is 13.1. The van der Waals surface area contributed by atoms with Crippen LogP contribution in [0.3, 0.4) is 0 Å². The minimum absolute atomic E-state index is 0.109. The molecule has 10 nitrogen and oxygen atoms in total. The van der Waals surface area contributed by atoms with Crippen molar-refractivity contribution in [1.29, 1.82) is 0 Å². The Balaban J connectivity index is 1.51. The lowest BCUT2D eigenvalue weighted by Gasteiger charge is -2.39. The van der Waals surface area contributed by atoms with E-state index in [2.05, 4.69) is 20.2 Å². The Morgan fingerprint density at radius 2 is 1.78 bits per heavy atom. The molecule has 41 heavy (non-hydrogen) atoms. The molecule has 1 atom stereocenters. The summed E-state index contributed by atoms with van der Waals surface area (Å²) in [5, 5.41) is 2.64. The second-order valence-corrected chi connectivity index (χ2v) is 10.1. The summed E-state index contributed by atoms with van der Waals surface area (Å²) in [5.41, 5.74) is -2.21. The number of H-pyrrole nitrogens is 1. The highest BCUT2D eigenvalue weighted by molar-refractivity contribution is 6.06. The number of nitrogens with zero attached hydrogens (tertiary/aromatic N) is 5. The van der Waals surface area contributed by atoms with E-state index in [1.165, 1.54) is 24.5 Å². The summed E-state index contributed by atoms with van der Waals surface area (Å²) in [7, 11) is 1.98. The van der Waals surface area contributed by atoms with Crippen molar-refractivity contribution >= 4 is 23.2 Å². The van der Waals surface area contributed by atoms with Crippen LogP contribution in [0, 0.1) is 5.82 Å². The minimum Gasteiger partial charge on any atom is -0.378 e. The molecule has 14 heteroatoms. The fourth-order valence-corrected chi connectivity index (χ4v) is 4.82. The van der Waals surface area contributed by atoms with Crippen LogP contribution in [0.2, 0.25) is 0 Å². The van der Waals surface area contributed by atoms with Gasteiger partial charge in [0.1, 0.15) is 11.4 Å². The molecule has 0 saturated carbocycles. The van der Waals surface area contributed by atoms with Gasteiger partial charge in [-0.05, 0) is 32.2 Å². The number of nitrogens with one attached hydrogen (secondary N) is 2. The quantitative estimate of drug-likeness (QED) is 0.447. The molecule has 218 valence electrons. The molecule has 2 aromatic heterocycles. The van der Waals surface area contributed by atoms with E-state index in [9.17, 15) is 22.8 Å². The van der Waals surface area contributed by atoms with Crippen LogP contribution in [-0.4, -0.2) is 84.8 Å². The van der Waals surface area contributed by atoms with Crippen LogP contribution in [0.25, 0.3) is 11.1 Å². The van der Waals surface area contributed by atoms with Gasteiger partial charge in [-0.15, -0.1) is 0 Å². The third-order valence-corrected chi connectivity index (χ3v) is 7.35. The number of hydrogen-bond donors (Lipinski definition) is 2. The standard InChI is InChI=1S/C27H29F4N7O3/c1-16-15-38(4-3-36(16)2)23-11-21(28)19(18-13-33-26(34-14-18)37-5-7-41-8-6-37)10-22(23)35-24(39)17-9-20(27(29,30)31)25(40)32-12-17/h9-14,16H,3-8,15H2,1-2H3,(H,32,40)(H,35,39)/t16-/m1/s1. The molecule has 0 aliphatic carbocycles. The molecule has 2 saturated heterocycles. The van der Waals surface area contributed by atoms with Crippen molar-refractivity contribution in [2.45, 2.75) is 19.1 Å². The molecule has 0 spiro atoms. The zero-order valence-electron chi connectivity index (χ0n) is 22.5. The van der Waals surface area contributed by atoms with E-state index in [-0.39, 0.29) is 17.3 Å². The highest BCUT2D eigenvalue weighted by atomic mass is 19.4. The smallest absolute Gasteiger partial charge is 0.378 e. The Labute approximate surface area is 233 Å². The lowest BCUT2D eigenvalue weighted by molar-refractivity contribution is -0.138. The van der Waals surface area contributed by atoms with Gasteiger partial charge < -0.3 is 29.7 Å². The number of likely N-dealkylation sites (N-methyl/N-ethyl adjacent to an activating group) is 1. The SMILES string of the molecule is C[C@@H]1CN(c2cc(F)c(-c3cnc(N4CCOCC4)nc3)cc2NC(=O)c2c[nH]c(=O)c(C(F)(F)F)c2)CCN1C. The number of morpholine rings is 1. The molecule has 2 fully saturated rings. The van der Waals surface area contributed by atoms with Crippen molar-refractivity contribution in [3.8, 4) is 11.1 Å². The van der Waals surface area contributed by atoms with Gasteiger partial charge in [0.15, 0.2) is 0 Å². The number of rotatable bonds is 5. The van der Waals surface area contributed by atoms with Gasteiger partial charge in [0.05, 0.1) is 30.2 Å². The van der Waals surface area contributed by atoms with Crippen LogP contribution < -0.4 is 20.7 Å². The molecule has 2 aliphatic rings. The van der Waals surface area contributed by atoms with Gasteiger partial charge >= 0.3 is 6.18 Å². The number of carbonyl (C=O) groups is 1. The minimum atomic E-state index is -4.94. The highest BCUT2D eigenvalue weighted by Gasteiger charge is 2.35. The second-order valence-electron chi connectivity index (χ2n) is 10.1. The first-order valence-corrected chi connectivity index (χ1v) is 13.1. The molecule has 0 radical (unpaired) electrons. The molecular formula is C27H29F4N7O3. The summed E-state index contributed by atoms with van der Waals surface area (Å²) in [6, 6.07) is 3.35. The summed E-state index contributed by atoms with van der Waals surface area (Å²) >= 11 is 0. The van der Waals surface area contributed by atoms with Crippen molar-refractivity contribution in [1.82, 2.24) is 19.9 Å². The predicted octanol–water partition coefficient (Wildman–Crippen LogP) is 3.22. The number of aromatic amines is 1. The van der Waals surface area contributed by atoms with E-state index in [1.54, 1.807) is 0 Å². The number of pyridine rings is 1. The Hall–Kier alpha value is -4.04. The van der Waals surface area contributed by atoms with Crippen LogP contribution >= 0.6 is 0 Å². The number of benzene rings is 1. The molecule has 5 rings (SSSR count). The van der Waals surface area contributed by atoms with Crippen molar-refractivity contribution < 1.29 is 27.1 Å². The Bertz CT molecular complexity index is 1470. The lowest BCUT2D eigenvalue weighted by Crippen LogP contribution is -2.50. The molecule has 4 heterocycles. The van der Waals surface area contributed by atoms with Gasteiger partial charge in [0.2, 0.25) is 5.95 Å². The zero-order chi connectivity index (χ0) is 29.3. The van der Waals surface area contributed by atoms with E-state index in [0.717, 1.165) is 6.20 Å². The van der Waals surface area contributed by atoms with Gasteiger partial charge in [-0.3, -0.25) is 9.59 Å². The van der Waals surface area contributed by atoms with Crippen LogP contribution in [0.15, 0.2) is 41.6 Å². The average molecular weight is 576 g/mol. The van der Waals surface area contributed by atoms with Gasteiger partial charge in [0, 0.05) is 68.5 Å². The Morgan fingerprint density at radius 3 is 2.44 bits per heavy atom. The van der Waals surface area contributed by atoms with Crippen LogP contribution in [0.4, 0.5) is 34.9 Å². The van der Waals surface area contributed by atoms with Crippen LogP contribution in [-0.2, 0) is 10.9 Å². The van der Waals surface area contributed by atoms with Crippen LogP contribution in [0.1, 0.15) is 22.8 Å². The predicted molar refractivity (Wildman–Crippen MR) is 145 cm³/mol. The first-order chi connectivity index (χ1) is 19.5. The van der Waals surface area contributed by atoms with Gasteiger partial charge in [0.25, 0.3) is 11.5 Å². The molecule has 0 unspecified atom stereocenters. The topological polar surface area (TPSA) is 107 Å². The second kappa shape index (κ2) is 11.4. The van der Waals surface area contributed by atoms with Crippen molar-refractivity contribution in [3.05, 3.63) is 64.1 Å². The monoisotopic (exact) mass is 575 g/mol. The normalized spacial score (nSPS) is 18.4. The van der Waals surface area contributed by atoms with E-state index in [4.69, 9.17) is 4.74 Å². The fourth-order valence-electron chi connectivity index (χ4n) is 4.82. The Morgan fingerprint density at radius 1 is 1.07 bits per heavy atom. The van der Waals surface area contributed by atoms with Crippen molar-refractivity contribution in [3.63, 3.8) is 0 Å². The summed E-state index contributed by atoms with van der Waals surface area (Å²) in [5.74, 6) is -0.991. The fraction of sp³-hybridized carbons (Fsp3) is 0.407. The van der Waals surface area contributed by atoms with Crippen molar-refractivity contribution in [2.75, 3.05) is 68.1 Å². The average Bonchev–Trinajstić information content (AvgIpc) is 2.95. The summed E-state index contributed by atoms with van der Waals surface area (Å²) in [4.78, 5) is 41.6. The van der Waals surface area contributed by atoms with E-state index < -0.39 is 34.6 Å². The Kier molecular flexibility index (Phi) is 7.95. The number of hydrogen-bond acceptors (Lipinski definition) is 8. The number of carbonyl (C=O) groups excluding carboxylic acids is 1. The number of ether oxygens (including phenoxy) is 1. The summed E-state index contributed by atoms with van der Waals surface area (Å²) < 4.78 is 60.8. The molecular weight excluding hydrogens is 546 g/mol. The maximum Gasteiger partial charge on any atom is 0.421 e. The zero-order valence-corrected chi connectivity index (χ0v) is 22.5. The van der Waals surface area contributed by atoms with E-state index >= 15 is 4.39 Å². The molecule has 1 amide bonds. The highest BCUT2D eigenvalue weighted by Crippen LogP contribution is 2.36. The van der Waals surface area contributed by atoms with Crippen LogP contribution in [0.5, 0.6) is 0 Å². The lowest BCUT2D eigenvalue weighted by atomic mass is 10.0. The molecule has 2 aliphatic heterocycles. The van der Waals surface area contributed by atoms with E-state index in [1.807, 2.05) is 28.8 Å². The summed E-state index contributed by atoms with van der Waals surface area (Å²) in [6.45, 7) is 6.13. The summed E-state index contributed by atoms with van der Waals surface area (Å²) in [6.07, 6.45) is -1.07. The van der Waals surface area contributed by atoms with Gasteiger partial charge in [-0.25, -0.2) is 14.4 Å². The number of piperazine rings is 1. The van der Waals surface area contributed by atoms with Gasteiger partial charge in [-0.2, -0.15) is 13.2 Å². The maximum atomic E-state index is 15.6. The molecule has 2 N–H and O–H groups in total. The third-order valence-electron chi connectivity index (χ3n) is 7.35. The first kappa shape index (κ1) is 28.5. The third kappa shape index (κ3) is 6.17. The van der Waals surface area contributed by atoms with E-state index in [0.29, 0.717) is 69.2 Å². The maximum absolute atomic E-state index is 15.6.